The first-order valence-corrected chi connectivity index (χ1v) is 6.93. The predicted octanol–water partition coefficient (Wildman–Crippen LogP) is 1.77. The van der Waals surface area contributed by atoms with Crippen LogP contribution in [0.5, 0.6) is 0 Å². The fourth-order valence-corrected chi connectivity index (χ4v) is 2.74. The highest BCUT2D eigenvalue weighted by Crippen LogP contribution is 2.12. The van der Waals surface area contributed by atoms with Crippen LogP contribution < -0.4 is 0 Å². The molecule has 0 amide bonds. The average molecular weight is 253 g/mol. The molecule has 2 rings (SSSR count). The highest BCUT2D eigenvalue weighted by Gasteiger charge is 2.16. The smallest absolute Gasteiger partial charge is 0.171 e. The van der Waals surface area contributed by atoms with E-state index < -0.39 is 9.84 Å². The maximum absolute atomic E-state index is 10.6. The Kier molecular flexibility index (Phi) is 4.57. The van der Waals surface area contributed by atoms with Crippen molar-refractivity contribution in [2.24, 2.45) is 5.92 Å². The molecule has 1 aliphatic heterocycles. The molecule has 0 fully saturated rings. The summed E-state index contributed by atoms with van der Waals surface area (Å²) in [4.78, 5) is 14.0. The zero-order valence-corrected chi connectivity index (χ0v) is 10.6. The van der Waals surface area contributed by atoms with Crippen molar-refractivity contribution in [3.8, 4) is 0 Å². The molecule has 92 valence electrons. The van der Waals surface area contributed by atoms with E-state index in [0.29, 0.717) is 11.3 Å². The summed E-state index contributed by atoms with van der Waals surface area (Å²) in [6.07, 6.45) is 4.06. The van der Waals surface area contributed by atoms with Crippen LogP contribution in [0.1, 0.15) is 23.0 Å². The molecule has 1 aromatic rings. The van der Waals surface area contributed by atoms with Crippen LogP contribution >= 0.6 is 0 Å². The third kappa shape index (κ3) is 4.91. The molecular weight excluding hydrogens is 238 g/mol. The number of aldehydes is 1. The zero-order valence-electron chi connectivity index (χ0n) is 9.83. The largest absolute Gasteiger partial charge is 0.298 e. The maximum atomic E-state index is 10.6. The third-order valence-electron chi connectivity index (χ3n) is 2.18. The Balaban J connectivity index is 0.000000171. The predicted molar refractivity (Wildman–Crippen MR) is 66.5 cm³/mol. The summed E-state index contributed by atoms with van der Waals surface area (Å²) in [7, 11) is -2.78. The number of allylic oxidation sites excluding steroid dienone is 1. The van der Waals surface area contributed by atoms with Gasteiger partial charge in [-0.05, 0) is 25.0 Å². The van der Waals surface area contributed by atoms with Gasteiger partial charge in [-0.25, -0.2) is 8.42 Å². The lowest BCUT2D eigenvalue weighted by Gasteiger charge is -1.90. The lowest BCUT2D eigenvalue weighted by Crippen LogP contribution is -2.00. The first-order chi connectivity index (χ1) is 7.93. The van der Waals surface area contributed by atoms with Crippen LogP contribution in [0.15, 0.2) is 29.8 Å². The van der Waals surface area contributed by atoms with E-state index in [1.165, 1.54) is 5.41 Å². The number of pyridine rings is 1. The second kappa shape index (κ2) is 5.72. The van der Waals surface area contributed by atoms with Gasteiger partial charge in [0.05, 0.1) is 5.75 Å². The van der Waals surface area contributed by atoms with E-state index in [-0.39, 0.29) is 5.92 Å². The summed E-state index contributed by atoms with van der Waals surface area (Å²) in [5, 5.41) is 1.29. The summed E-state index contributed by atoms with van der Waals surface area (Å²) in [5.41, 5.74) is 1.56. The van der Waals surface area contributed by atoms with Gasteiger partial charge in [0.1, 0.15) is 0 Å². The number of hydrogen-bond donors (Lipinski definition) is 0. The summed E-state index contributed by atoms with van der Waals surface area (Å²) >= 11 is 0. The van der Waals surface area contributed by atoms with Gasteiger partial charge in [-0.3, -0.25) is 9.78 Å². The number of aryl methyl sites for hydroxylation is 1. The van der Waals surface area contributed by atoms with Crippen molar-refractivity contribution < 1.29 is 13.2 Å². The topological polar surface area (TPSA) is 64.1 Å². The summed E-state index contributed by atoms with van der Waals surface area (Å²) in [6.45, 7) is 3.77. The van der Waals surface area contributed by atoms with Crippen molar-refractivity contribution in [2.45, 2.75) is 13.8 Å². The molecule has 0 spiro atoms. The molecule has 0 saturated heterocycles. The molecule has 2 heterocycles. The number of hydrogen-bond acceptors (Lipinski definition) is 4. The summed E-state index contributed by atoms with van der Waals surface area (Å²) in [5.74, 6) is 0.521. The Bertz CT molecular complexity index is 503. The molecule has 0 radical (unpaired) electrons. The van der Waals surface area contributed by atoms with Crippen LogP contribution in [-0.2, 0) is 9.84 Å². The number of rotatable bonds is 1. The second-order valence-corrected chi connectivity index (χ2v) is 5.92. The second-order valence-electron chi connectivity index (χ2n) is 3.99. The highest BCUT2D eigenvalue weighted by atomic mass is 32.2. The van der Waals surface area contributed by atoms with Gasteiger partial charge >= 0.3 is 0 Å². The fraction of sp³-hybridized carbons (Fsp3) is 0.333. The minimum Gasteiger partial charge on any atom is -0.298 e. The normalized spacial score (nSPS) is 20.5. The van der Waals surface area contributed by atoms with Crippen molar-refractivity contribution in [1.29, 1.82) is 0 Å². The van der Waals surface area contributed by atoms with Crippen LogP contribution in [0.2, 0.25) is 0 Å². The molecule has 0 aliphatic carbocycles. The Labute approximate surface area is 101 Å². The molecule has 0 aromatic carbocycles. The van der Waals surface area contributed by atoms with Gasteiger partial charge in [-0.15, -0.1) is 0 Å². The lowest BCUT2D eigenvalue weighted by molar-refractivity contribution is 0.112. The summed E-state index contributed by atoms with van der Waals surface area (Å²) < 4.78 is 21.1. The zero-order chi connectivity index (χ0) is 12.9. The van der Waals surface area contributed by atoms with E-state index >= 15 is 0 Å². The molecule has 1 aliphatic rings. The molecule has 1 aromatic heterocycles. The molecule has 17 heavy (non-hydrogen) atoms. The Hall–Kier alpha value is -1.49. The molecule has 0 saturated carbocycles. The molecular formula is C12H15NO3S. The quantitative estimate of drug-likeness (QED) is 0.715. The Morgan fingerprint density at radius 2 is 2.12 bits per heavy atom. The number of nitrogens with zero attached hydrogens (tertiary/aromatic N) is 1. The van der Waals surface area contributed by atoms with Crippen LogP contribution in [0.4, 0.5) is 0 Å². The monoisotopic (exact) mass is 253 g/mol. The van der Waals surface area contributed by atoms with Gasteiger partial charge in [0.2, 0.25) is 0 Å². The van der Waals surface area contributed by atoms with E-state index in [9.17, 15) is 13.2 Å². The number of aromatic nitrogens is 1. The number of sulfone groups is 1. The van der Waals surface area contributed by atoms with Crippen LogP contribution in [0, 0.1) is 12.8 Å². The highest BCUT2D eigenvalue weighted by molar-refractivity contribution is 7.94. The fourth-order valence-electron chi connectivity index (χ4n) is 1.28. The summed E-state index contributed by atoms with van der Waals surface area (Å²) in [6, 6.07) is 3.55. The van der Waals surface area contributed by atoms with Crippen molar-refractivity contribution in [3.05, 3.63) is 41.1 Å². The van der Waals surface area contributed by atoms with Crippen molar-refractivity contribution in [2.75, 3.05) is 5.75 Å². The Morgan fingerprint density at radius 1 is 1.41 bits per heavy atom. The molecule has 1 atom stereocenters. The average Bonchev–Trinajstić information content (AvgIpc) is 2.59. The number of carbonyl (C=O) groups is 1. The molecule has 4 nitrogen and oxygen atoms in total. The van der Waals surface area contributed by atoms with Crippen LogP contribution in [0.25, 0.3) is 0 Å². The SMILES string of the molecule is CC1C=CS(=O)(=O)C1.Cc1ccc(C=O)cn1. The van der Waals surface area contributed by atoms with Crippen LogP contribution in [-0.4, -0.2) is 25.4 Å². The van der Waals surface area contributed by atoms with Crippen LogP contribution in [0.3, 0.4) is 0 Å². The Morgan fingerprint density at radius 3 is 2.41 bits per heavy atom. The molecule has 5 heteroatoms. The first kappa shape index (κ1) is 13.6. The van der Waals surface area contributed by atoms with E-state index in [2.05, 4.69) is 4.98 Å². The van der Waals surface area contributed by atoms with Gasteiger partial charge < -0.3 is 0 Å². The maximum Gasteiger partial charge on any atom is 0.171 e. The van der Waals surface area contributed by atoms with Crippen molar-refractivity contribution in [3.63, 3.8) is 0 Å². The van der Waals surface area contributed by atoms with Gasteiger partial charge in [0, 0.05) is 22.9 Å². The molecule has 1 unspecified atom stereocenters. The van der Waals surface area contributed by atoms with E-state index in [1.807, 2.05) is 19.9 Å². The van der Waals surface area contributed by atoms with E-state index in [1.54, 1.807) is 18.3 Å². The van der Waals surface area contributed by atoms with Crippen molar-refractivity contribution in [1.82, 2.24) is 4.98 Å². The van der Waals surface area contributed by atoms with Gasteiger partial charge in [-0.2, -0.15) is 0 Å². The molecule has 0 N–H and O–H groups in total. The lowest BCUT2D eigenvalue weighted by atomic mass is 10.2. The van der Waals surface area contributed by atoms with Crippen molar-refractivity contribution >= 4 is 16.1 Å². The van der Waals surface area contributed by atoms with Gasteiger partial charge in [0.25, 0.3) is 0 Å². The molecule has 0 bridgehead atoms. The number of carbonyl (C=O) groups excluding carboxylic acids is 1. The van der Waals surface area contributed by atoms with E-state index in [0.717, 1.165) is 12.0 Å². The van der Waals surface area contributed by atoms with Gasteiger partial charge in [-0.1, -0.05) is 13.0 Å². The minimum atomic E-state index is -2.78. The minimum absolute atomic E-state index is 0.222. The standard InChI is InChI=1S/C7H7NO.C5H8O2S/c1-6-2-3-7(5-9)4-8-6;1-5-2-3-8(6,7)4-5/h2-5H,1H3;2-3,5H,4H2,1H3. The van der Waals surface area contributed by atoms with E-state index in [4.69, 9.17) is 0 Å². The first-order valence-electron chi connectivity index (χ1n) is 5.22. The third-order valence-corrected chi connectivity index (χ3v) is 3.74. The van der Waals surface area contributed by atoms with Gasteiger partial charge in [0.15, 0.2) is 16.1 Å².